The molecule has 2 aliphatic heterocycles. The van der Waals surface area contributed by atoms with E-state index in [2.05, 4.69) is 18.5 Å². The van der Waals surface area contributed by atoms with Crippen molar-refractivity contribution in [3.8, 4) is 12.3 Å². The standard InChI is InChI=1S/C11H16ClN2O14P3/c1-2-11(5-25-30(21,22)28-31(23,24)27-29(18,19)20)8(16)7(12)9(26-11)14-4-3-6(15)13-10(14)17/h1,3-4,7-10,16-17H,5H2,(H,13,15)(H,21,22)(H,23,24)(H2,18,19,20)/t7-,8+,9-,10?,11-/m1/s1. The van der Waals surface area contributed by atoms with E-state index in [0.717, 1.165) is 17.2 Å². The average Bonchev–Trinajstić information content (AvgIpc) is 2.82. The second-order valence-electron chi connectivity index (χ2n) is 5.94. The fourth-order valence-electron chi connectivity index (χ4n) is 2.46. The van der Waals surface area contributed by atoms with Crippen LogP contribution in [0, 0.1) is 12.3 Å². The summed E-state index contributed by atoms with van der Waals surface area (Å²) in [5.74, 6) is 1.30. The molecule has 31 heavy (non-hydrogen) atoms. The molecule has 0 aromatic heterocycles. The van der Waals surface area contributed by atoms with Crippen LogP contribution in [0.4, 0.5) is 0 Å². The number of rotatable bonds is 8. The fraction of sp³-hybridized carbons (Fsp3) is 0.545. The van der Waals surface area contributed by atoms with Crippen molar-refractivity contribution >= 4 is 41.0 Å². The highest BCUT2D eigenvalue weighted by molar-refractivity contribution is 7.66. The zero-order chi connectivity index (χ0) is 23.8. The Labute approximate surface area is 178 Å². The first-order valence-corrected chi connectivity index (χ1v) is 12.7. The van der Waals surface area contributed by atoms with Crippen molar-refractivity contribution in [2.75, 3.05) is 6.61 Å². The summed E-state index contributed by atoms with van der Waals surface area (Å²) < 4.78 is 50.8. The lowest BCUT2D eigenvalue weighted by atomic mass is 9.98. The maximum atomic E-state index is 11.9. The van der Waals surface area contributed by atoms with Gasteiger partial charge in [0.25, 0.3) is 0 Å². The van der Waals surface area contributed by atoms with E-state index in [1.807, 2.05) is 5.92 Å². The van der Waals surface area contributed by atoms with Crippen molar-refractivity contribution in [1.82, 2.24) is 10.2 Å². The Morgan fingerprint density at radius 3 is 2.35 bits per heavy atom. The lowest BCUT2D eigenvalue weighted by Crippen LogP contribution is -2.54. The minimum absolute atomic E-state index is 0.649. The molecule has 2 heterocycles. The number of ether oxygens (including phenoxy) is 1. The number of halogens is 1. The monoisotopic (exact) mass is 528 g/mol. The third-order valence-electron chi connectivity index (χ3n) is 3.73. The van der Waals surface area contributed by atoms with E-state index in [4.69, 9.17) is 37.4 Å². The summed E-state index contributed by atoms with van der Waals surface area (Å²) in [7, 11) is -16.9. The summed E-state index contributed by atoms with van der Waals surface area (Å²) in [6.07, 6.45) is 2.55. The van der Waals surface area contributed by atoms with Crippen molar-refractivity contribution < 1.29 is 66.2 Å². The second kappa shape index (κ2) is 9.18. The van der Waals surface area contributed by atoms with E-state index < -0.39 is 65.6 Å². The smallest absolute Gasteiger partial charge is 0.387 e. The molecule has 0 aliphatic carbocycles. The number of nitrogens with zero attached hydrogens (tertiary/aromatic N) is 1. The molecular weight excluding hydrogens is 512 g/mol. The number of aliphatic hydroxyl groups is 2. The summed E-state index contributed by atoms with van der Waals surface area (Å²) in [5, 5.41) is 21.0. The van der Waals surface area contributed by atoms with E-state index >= 15 is 0 Å². The number of alkyl halides is 1. The number of hydrogen-bond donors (Lipinski definition) is 7. The molecule has 1 fully saturated rings. The molecule has 3 unspecified atom stereocenters. The number of phosphoric ester groups is 1. The summed E-state index contributed by atoms with van der Waals surface area (Å²) >= 11 is 6.08. The van der Waals surface area contributed by atoms with Crippen LogP contribution in [0.2, 0.25) is 0 Å². The predicted molar refractivity (Wildman–Crippen MR) is 97.0 cm³/mol. The van der Waals surface area contributed by atoms with E-state index in [1.54, 1.807) is 0 Å². The highest BCUT2D eigenvalue weighted by atomic mass is 35.5. The van der Waals surface area contributed by atoms with Gasteiger partial charge in [0, 0.05) is 12.3 Å². The number of nitrogens with one attached hydrogen (secondary N) is 1. The van der Waals surface area contributed by atoms with E-state index in [-0.39, 0.29) is 0 Å². The minimum atomic E-state index is -5.78. The SMILES string of the molecule is C#C[C@]1(COP(=O)(O)OP(=O)(O)OP(=O)(O)O)O[C@@H](N2C=CC(=O)NC2O)[C@H](Cl)[C@@H]1O. The number of amides is 1. The maximum Gasteiger partial charge on any atom is 0.490 e. The molecule has 20 heteroatoms. The van der Waals surface area contributed by atoms with Gasteiger partial charge in [-0.2, -0.15) is 8.62 Å². The van der Waals surface area contributed by atoms with Crippen LogP contribution in [-0.2, 0) is 36.4 Å². The van der Waals surface area contributed by atoms with Gasteiger partial charge in [0.05, 0.1) is 0 Å². The van der Waals surface area contributed by atoms with Gasteiger partial charge in [0.2, 0.25) is 12.3 Å². The first kappa shape index (κ1) is 26.4. The van der Waals surface area contributed by atoms with Crippen LogP contribution in [0.15, 0.2) is 12.3 Å². The molecule has 1 amide bonds. The highest BCUT2D eigenvalue weighted by Crippen LogP contribution is 2.66. The van der Waals surface area contributed by atoms with Gasteiger partial charge < -0.3 is 44.7 Å². The van der Waals surface area contributed by atoms with Gasteiger partial charge in [-0.15, -0.1) is 18.0 Å². The lowest BCUT2D eigenvalue weighted by Gasteiger charge is -2.35. The van der Waals surface area contributed by atoms with Crippen LogP contribution in [0.5, 0.6) is 0 Å². The largest absolute Gasteiger partial charge is 0.490 e. The van der Waals surface area contributed by atoms with E-state index in [1.165, 1.54) is 0 Å². The number of terminal acetylenes is 1. The van der Waals surface area contributed by atoms with Crippen LogP contribution in [0.3, 0.4) is 0 Å². The van der Waals surface area contributed by atoms with Crippen molar-refractivity contribution in [2.45, 2.75) is 29.7 Å². The zero-order valence-corrected chi connectivity index (χ0v) is 18.3. The Bertz CT molecular complexity index is 933. The van der Waals surface area contributed by atoms with Gasteiger partial charge in [0.1, 0.15) is 18.1 Å². The molecule has 7 atom stereocenters. The molecule has 0 spiro atoms. The molecule has 0 aromatic rings. The summed E-state index contributed by atoms with van der Waals surface area (Å²) in [4.78, 5) is 47.9. The average molecular weight is 529 g/mol. The number of phosphoric acid groups is 3. The molecule has 0 bridgehead atoms. The summed E-state index contributed by atoms with van der Waals surface area (Å²) in [6.45, 7) is -1.19. The van der Waals surface area contributed by atoms with Gasteiger partial charge in [0.15, 0.2) is 11.8 Å². The number of carbonyl (C=O) groups is 1. The van der Waals surface area contributed by atoms with Gasteiger partial charge in [-0.1, -0.05) is 5.92 Å². The Hall–Kier alpha value is -0.850. The fourth-order valence-corrected chi connectivity index (χ4v) is 5.89. The van der Waals surface area contributed by atoms with E-state index in [0.29, 0.717) is 0 Å². The molecule has 2 aliphatic rings. The van der Waals surface area contributed by atoms with Crippen molar-refractivity contribution in [3.05, 3.63) is 12.3 Å². The summed E-state index contributed by atoms with van der Waals surface area (Å²) in [5.41, 5.74) is -2.27. The number of hydrogen-bond acceptors (Lipinski definition) is 11. The van der Waals surface area contributed by atoms with Gasteiger partial charge in [-0.05, 0) is 0 Å². The molecule has 0 saturated carbocycles. The van der Waals surface area contributed by atoms with Crippen LogP contribution >= 0.6 is 35.1 Å². The Balaban J connectivity index is 2.15. The maximum absolute atomic E-state index is 11.9. The molecule has 0 radical (unpaired) electrons. The van der Waals surface area contributed by atoms with Crippen LogP contribution in [0.1, 0.15) is 0 Å². The normalized spacial score (nSPS) is 35.2. The second-order valence-corrected chi connectivity index (χ2v) is 10.9. The Morgan fingerprint density at radius 2 is 1.84 bits per heavy atom. The molecule has 1 saturated heterocycles. The predicted octanol–water partition coefficient (Wildman–Crippen LogP) is -1.75. The quantitative estimate of drug-likeness (QED) is 0.105. The topological polar surface area (TPSA) is 242 Å². The molecule has 7 N–H and O–H groups in total. The number of aliphatic hydroxyl groups excluding tert-OH is 2. The first-order chi connectivity index (χ1) is 14.0. The first-order valence-electron chi connectivity index (χ1n) is 7.71. The van der Waals surface area contributed by atoms with Crippen LogP contribution in [-0.4, -0.2) is 76.9 Å². The van der Waals surface area contributed by atoms with Crippen molar-refractivity contribution in [2.24, 2.45) is 0 Å². The van der Waals surface area contributed by atoms with Crippen molar-refractivity contribution in [3.63, 3.8) is 0 Å². The molecular formula is C11H16ClN2O14P3. The lowest BCUT2D eigenvalue weighted by molar-refractivity contribution is -0.152. The summed E-state index contributed by atoms with van der Waals surface area (Å²) in [6, 6.07) is 0. The molecule has 16 nitrogen and oxygen atoms in total. The van der Waals surface area contributed by atoms with Crippen LogP contribution < -0.4 is 5.32 Å². The Kier molecular flexibility index (Phi) is 7.82. The molecule has 2 rings (SSSR count). The van der Waals surface area contributed by atoms with Gasteiger partial charge in [-0.25, -0.2) is 13.7 Å². The van der Waals surface area contributed by atoms with Crippen LogP contribution in [0.25, 0.3) is 0 Å². The van der Waals surface area contributed by atoms with Crippen molar-refractivity contribution in [1.29, 1.82) is 0 Å². The third-order valence-corrected chi connectivity index (χ3v) is 7.97. The molecule has 0 aromatic carbocycles. The Morgan fingerprint density at radius 1 is 1.23 bits per heavy atom. The highest BCUT2D eigenvalue weighted by Gasteiger charge is 2.57. The van der Waals surface area contributed by atoms with E-state index in [9.17, 15) is 33.6 Å². The minimum Gasteiger partial charge on any atom is -0.387 e. The molecule has 176 valence electrons. The van der Waals surface area contributed by atoms with Gasteiger partial charge >= 0.3 is 23.5 Å². The number of carbonyl (C=O) groups excluding carboxylic acids is 1. The third kappa shape index (κ3) is 6.58. The van der Waals surface area contributed by atoms with Gasteiger partial charge in [-0.3, -0.25) is 9.32 Å². The zero-order valence-electron chi connectivity index (χ0n) is 14.9.